The van der Waals surface area contributed by atoms with E-state index in [4.69, 9.17) is 37.5 Å². The number of halogens is 2. The van der Waals surface area contributed by atoms with Crippen LogP contribution in [0.3, 0.4) is 0 Å². The predicted octanol–water partition coefficient (Wildman–Crippen LogP) is 5.79. The molecule has 0 radical (unpaired) electrons. The number of carbonyl (C=O) groups is 1. The summed E-state index contributed by atoms with van der Waals surface area (Å²) >= 11 is 12.2. The molecule has 1 unspecified atom stereocenters. The first-order valence-electron chi connectivity index (χ1n) is 11.0. The van der Waals surface area contributed by atoms with Crippen LogP contribution in [-0.4, -0.2) is 30.2 Å². The fourth-order valence-electron chi connectivity index (χ4n) is 4.12. The Bertz CT molecular complexity index is 1040. The van der Waals surface area contributed by atoms with Gasteiger partial charge in [-0.3, -0.25) is 20.1 Å². The zero-order valence-electron chi connectivity index (χ0n) is 18.6. The van der Waals surface area contributed by atoms with Crippen molar-refractivity contribution in [3.8, 4) is 11.5 Å². The smallest absolute Gasteiger partial charge is 0.255 e. The SMILES string of the molecule is COc1ccc(C(=O)Nc2c(Cl)cncc2Cl)cc1OCC1(C)C=C(C2CCCCC2)NO1. The number of amides is 1. The molecule has 9 heteroatoms. The number of hydrogen-bond acceptors (Lipinski definition) is 6. The zero-order valence-corrected chi connectivity index (χ0v) is 20.1. The average molecular weight is 492 g/mol. The molecular weight excluding hydrogens is 465 g/mol. The van der Waals surface area contributed by atoms with Crippen molar-refractivity contribution in [1.29, 1.82) is 0 Å². The molecular formula is C24H27Cl2N3O4. The Hall–Kier alpha value is -2.48. The second kappa shape index (κ2) is 10.2. The van der Waals surface area contributed by atoms with Crippen LogP contribution in [0.15, 0.2) is 42.4 Å². The number of allylic oxidation sites excluding steroid dienone is 1. The van der Waals surface area contributed by atoms with Crippen molar-refractivity contribution in [2.75, 3.05) is 19.0 Å². The summed E-state index contributed by atoms with van der Waals surface area (Å²) < 4.78 is 11.5. The molecule has 2 aromatic rings. The molecule has 1 fully saturated rings. The first kappa shape index (κ1) is 23.7. The highest BCUT2D eigenvalue weighted by Crippen LogP contribution is 2.35. The lowest BCUT2D eigenvalue weighted by Gasteiger charge is -2.22. The Morgan fingerprint density at radius 3 is 2.64 bits per heavy atom. The minimum absolute atomic E-state index is 0.250. The Morgan fingerprint density at radius 2 is 1.94 bits per heavy atom. The van der Waals surface area contributed by atoms with Gasteiger partial charge in [0.1, 0.15) is 12.2 Å². The number of benzene rings is 1. The largest absolute Gasteiger partial charge is 0.493 e. The lowest BCUT2D eigenvalue weighted by Crippen LogP contribution is -2.33. The number of nitrogens with one attached hydrogen (secondary N) is 2. The third kappa shape index (κ3) is 5.54. The van der Waals surface area contributed by atoms with Gasteiger partial charge in [0, 0.05) is 29.6 Å². The van der Waals surface area contributed by atoms with Gasteiger partial charge in [0.25, 0.3) is 5.91 Å². The number of rotatable bonds is 7. The van der Waals surface area contributed by atoms with E-state index in [0.717, 1.165) is 5.70 Å². The fourth-order valence-corrected chi connectivity index (χ4v) is 4.58. The summed E-state index contributed by atoms with van der Waals surface area (Å²) in [6, 6.07) is 4.94. The maximum atomic E-state index is 12.8. The Labute approximate surface area is 203 Å². The summed E-state index contributed by atoms with van der Waals surface area (Å²) in [6.07, 6.45) is 11.1. The molecule has 7 nitrogen and oxygen atoms in total. The number of aromatic nitrogens is 1. The molecule has 0 bridgehead atoms. The van der Waals surface area contributed by atoms with E-state index in [0.29, 0.717) is 28.7 Å². The van der Waals surface area contributed by atoms with Crippen LogP contribution in [0, 0.1) is 5.92 Å². The highest BCUT2D eigenvalue weighted by Gasteiger charge is 2.34. The third-order valence-corrected chi connectivity index (χ3v) is 6.51. The number of carbonyl (C=O) groups excluding carboxylic acids is 1. The molecule has 1 saturated carbocycles. The first-order chi connectivity index (χ1) is 15.9. The normalized spacial score (nSPS) is 20.7. The number of nitrogens with zero attached hydrogens (tertiary/aromatic N) is 1. The maximum absolute atomic E-state index is 12.8. The van der Waals surface area contributed by atoms with E-state index in [2.05, 4.69) is 21.9 Å². The number of hydroxylamine groups is 1. The van der Waals surface area contributed by atoms with Crippen LogP contribution in [0.1, 0.15) is 49.4 Å². The second-order valence-electron chi connectivity index (χ2n) is 8.54. The van der Waals surface area contributed by atoms with Crippen molar-refractivity contribution in [2.45, 2.75) is 44.6 Å². The summed E-state index contributed by atoms with van der Waals surface area (Å²) in [5.74, 6) is 1.06. The first-order valence-corrected chi connectivity index (χ1v) is 11.7. The molecule has 33 heavy (non-hydrogen) atoms. The van der Waals surface area contributed by atoms with Gasteiger partial charge in [0.15, 0.2) is 11.5 Å². The standard InChI is InChI=1S/C24H27Cl2N3O4/c1-24(11-19(29-33-24)15-6-4-3-5-7-15)14-32-21-10-16(8-9-20(21)31-2)23(30)28-22-17(25)12-27-13-18(22)26/h8-13,15,29H,3-7,14H2,1-2H3,(H,27,28,30). The van der Waals surface area contributed by atoms with E-state index in [1.165, 1.54) is 44.5 Å². The van der Waals surface area contributed by atoms with Gasteiger partial charge in [-0.2, -0.15) is 0 Å². The molecule has 1 aromatic carbocycles. The second-order valence-corrected chi connectivity index (χ2v) is 9.35. The Morgan fingerprint density at radius 1 is 1.21 bits per heavy atom. The van der Waals surface area contributed by atoms with Crippen LogP contribution in [0.4, 0.5) is 5.69 Å². The van der Waals surface area contributed by atoms with Crippen molar-refractivity contribution < 1.29 is 19.1 Å². The minimum Gasteiger partial charge on any atom is -0.493 e. The molecule has 2 N–H and O–H groups in total. The van der Waals surface area contributed by atoms with Crippen LogP contribution in [0.25, 0.3) is 0 Å². The molecule has 1 aromatic heterocycles. The van der Waals surface area contributed by atoms with Gasteiger partial charge in [-0.1, -0.05) is 42.5 Å². The molecule has 2 aliphatic rings. The van der Waals surface area contributed by atoms with Crippen LogP contribution >= 0.6 is 23.2 Å². The minimum atomic E-state index is -0.631. The van der Waals surface area contributed by atoms with Gasteiger partial charge < -0.3 is 14.8 Å². The highest BCUT2D eigenvalue weighted by atomic mass is 35.5. The monoisotopic (exact) mass is 491 g/mol. The number of anilines is 1. The molecule has 0 saturated heterocycles. The van der Waals surface area contributed by atoms with E-state index in [9.17, 15) is 4.79 Å². The van der Waals surface area contributed by atoms with E-state index in [1.54, 1.807) is 25.3 Å². The summed E-state index contributed by atoms with van der Waals surface area (Å²) in [7, 11) is 1.55. The third-order valence-electron chi connectivity index (χ3n) is 5.94. The quantitative estimate of drug-likeness (QED) is 0.510. The van der Waals surface area contributed by atoms with Crippen molar-refractivity contribution in [2.24, 2.45) is 5.92 Å². The van der Waals surface area contributed by atoms with Crippen LogP contribution in [0.5, 0.6) is 11.5 Å². The van der Waals surface area contributed by atoms with E-state index in [1.807, 2.05) is 6.92 Å². The highest BCUT2D eigenvalue weighted by molar-refractivity contribution is 6.39. The van der Waals surface area contributed by atoms with Crippen molar-refractivity contribution in [3.63, 3.8) is 0 Å². The summed E-state index contributed by atoms with van der Waals surface area (Å²) in [5, 5.41) is 3.22. The number of methoxy groups -OCH3 is 1. The number of pyridine rings is 1. The van der Waals surface area contributed by atoms with Gasteiger partial charge in [0.2, 0.25) is 0 Å². The van der Waals surface area contributed by atoms with Crippen LogP contribution in [-0.2, 0) is 4.84 Å². The topological polar surface area (TPSA) is 81.7 Å². The van der Waals surface area contributed by atoms with Crippen molar-refractivity contribution >= 4 is 34.8 Å². The maximum Gasteiger partial charge on any atom is 0.255 e. The molecule has 4 rings (SSSR count). The molecule has 1 atom stereocenters. The van der Waals surface area contributed by atoms with E-state index >= 15 is 0 Å². The predicted molar refractivity (Wildman–Crippen MR) is 128 cm³/mol. The van der Waals surface area contributed by atoms with Gasteiger partial charge >= 0.3 is 0 Å². The van der Waals surface area contributed by atoms with Gasteiger partial charge in [-0.25, -0.2) is 0 Å². The molecule has 1 aliphatic heterocycles. The number of hydrogen-bond donors (Lipinski definition) is 2. The van der Waals surface area contributed by atoms with Crippen LogP contribution in [0.2, 0.25) is 10.0 Å². The lowest BCUT2D eigenvalue weighted by molar-refractivity contribution is -0.0549. The lowest BCUT2D eigenvalue weighted by atomic mass is 9.86. The van der Waals surface area contributed by atoms with Crippen molar-refractivity contribution in [1.82, 2.24) is 10.5 Å². The Kier molecular flexibility index (Phi) is 7.32. The van der Waals surface area contributed by atoms with E-state index in [-0.39, 0.29) is 22.6 Å². The summed E-state index contributed by atoms with van der Waals surface area (Å²) in [6.45, 7) is 2.21. The summed E-state index contributed by atoms with van der Waals surface area (Å²) in [5.41, 5.74) is 4.27. The fraction of sp³-hybridized carbons (Fsp3) is 0.417. The number of ether oxygens (including phenoxy) is 2. The van der Waals surface area contributed by atoms with Crippen molar-refractivity contribution in [3.05, 3.63) is 58.0 Å². The summed E-state index contributed by atoms with van der Waals surface area (Å²) in [4.78, 5) is 22.6. The van der Waals surface area contributed by atoms with Crippen LogP contribution < -0.4 is 20.3 Å². The molecule has 1 aliphatic carbocycles. The van der Waals surface area contributed by atoms with Gasteiger partial charge in [0.05, 0.1) is 22.8 Å². The average Bonchev–Trinajstić information content (AvgIpc) is 3.23. The zero-order chi connectivity index (χ0) is 23.4. The molecule has 1 amide bonds. The Balaban J connectivity index is 1.47. The molecule has 0 spiro atoms. The molecule has 2 heterocycles. The molecule has 176 valence electrons. The van der Waals surface area contributed by atoms with Gasteiger partial charge in [-0.05, 0) is 44.0 Å². The van der Waals surface area contributed by atoms with E-state index < -0.39 is 5.60 Å². The van der Waals surface area contributed by atoms with Gasteiger partial charge in [-0.15, -0.1) is 0 Å².